The first kappa shape index (κ1) is 13.4. The molecule has 0 amide bonds. The minimum Gasteiger partial charge on any atom is -0.0604 e. The predicted octanol–water partition coefficient (Wildman–Crippen LogP) is 5.23. The Labute approximate surface area is 125 Å². The van der Waals surface area contributed by atoms with Crippen LogP contribution in [0.25, 0.3) is 0 Å². The molecule has 0 aliphatic rings. The summed E-state index contributed by atoms with van der Waals surface area (Å²) in [7, 11) is 0. The van der Waals surface area contributed by atoms with Gasteiger partial charge in [-0.3, -0.25) is 0 Å². The average Bonchev–Trinajstić information content (AvgIpc) is 2.30. The number of hydrogen-bond acceptors (Lipinski definition) is 0. The lowest BCUT2D eigenvalue weighted by molar-refractivity contribution is 1.42. The van der Waals surface area contributed by atoms with Gasteiger partial charge in [-0.1, -0.05) is 24.0 Å². The lowest BCUT2D eigenvalue weighted by Gasteiger charge is -1.99. The summed E-state index contributed by atoms with van der Waals surface area (Å²) in [5, 5.41) is 0. The fourth-order valence-corrected chi connectivity index (χ4v) is 2.76. The van der Waals surface area contributed by atoms with Crippen LogP contribution in [0.3, 0.4) is 0 Å². The molecule has 0 radical (unpaired) electrons. The molecular weight excluding hydrogens is 352 g/mol. The van der Waals surface area contributed by atoms with Gasteiger partial charge in [0.25, 0.3) is 0 Å². The maximum absolute atomic E-state index is 3.54. The van der Waals surface area contributed by atoms with E-state index in [4.69, 9.17) is 0 Å². The normalized spacial score (nSPS) is 9.78. The first-order valence-corrected chi connectivity index (χ1v) is 7.19. The van der Waals surface area contributed by atoms with Crippen LogP contribution < -0.4 is 0 Å². The number of rotatable bonds is 0. The lowest BCUT2D eigenvalue weighted by atomic mass is 10.1. The van der Waals surface area contributed by atoms with Crippen LogP contribution in [-0.2, 0) is 0 Å². The third-order valence-corrected chi connectivity index (χ3v) is 3.89. The van der Waals surface area contributed by atoms with Crippen molar-refractivity contribution < 1.29 is 0 Å². The van der Waals surface area contributed by atoms with Crippen LogP contribution in [0.15, 0.2) is 45.3 Å². The van der Waals surface area contributed by atoms with E-state index in [0.29, 0.717) is 0 Å². The molecule has 2 rings (SSSR count). The maximum Gasteiger partial charge on any atom is 0.0391 e. The SMILES string of the molecule is Cc1ccc(C#Cc2ccc(C)cc2Br)c(Br)c1. The topological polar surface area (TPSA) is 0 Å². The molecule has 0 atom stereocenters. The summed E-state index contributed by atoms with van der Waals surface area (Å²) in [4.78, 5) is 0. The monoisotopic (exact) mass is 362 g/mol. The Bertz CT molecular complexity index is 590. The minimum atomic E-state index is 1.01. The third kappa shape index (κ3) is 3.25. The van der Waals surface area contributed by atoms with Crippen molar-refractivity contribution in [3.05, 3.63) is 67.6 Å². The molecule has 0 nitrogen and oxygen atoms in total. The van der Waals surface area contributed by atoms with Crippen LogP contribution >= 0.6 is 31.9 Å². The Hall–Kier alpha value is -1.04. The first-order valence-electron chi connectivity index (χ1n) is 5.60. The number of benzene rings is 2. The Morgan fingerprint density at radius 2 is 1.11 bits per heavy atom. The van der Waals surface area contributed by atoms with Gasteiger partial charge in [0, 0.05) is 20.1 Å². The van der Waals surface area contributed by atoms with Crippen LogP contribution in [0.1, 0.15) is 22.3 Å². The highest BCUT2D eigenvalue weighted by Crippen LogP contribution is 2.19. The summed E-state index contributed by atoms with van der Waals surface area (Å²) in [6, 6.07) is 12.4. The van der Waals surface area contributed by atoms with Crippen LogP contribution in [-0.4, -0.2) is 0 Å². The van der Waals surface area contributed by atoms with Crippen LogP contribution in [0.5, 0.6) is 0 Å². The zero-order valence-electron chi connectivity index (χ0n) is 10.2. The van der Waals surface area contributed by atoms with Gasteiger partial charge < -0.3 is 0 Å². The molecule has 0 heterocycles. The summed E-state index contributed by atoms with van der Waals surface area (Å²) in [6.07, 6.45) is 0. The van der Waals surface area contributed by atoms with Gasteiger partial charge in [0.15, 0.2) is 0 Å². The number of aryl methyl sites for hydroxylation is 2. The molecule has 0 N–H and O–H groups in total. The Morgan fingerprint density at radius 1 is 0.722 bits per heavy atom. The van der Waals surface area contributed by atoms with Gasteiger partial charge in [-0.2, -0.15) is 0 Å². The molecule has 0 saturated heterocycles. The molecule has 0 bridgehead atoms. The van der Waals surface area contributed by atoms with Crippen molar-refractivity contribution in [1.29, 1.82) is 0 Å². The van der Waals surface area contributed by atoms with E-state index in [-0.39, 0.29) is 0 Å². The zero-order valence-corrected chi connectivity index (χ0v) is 13.4. The largest absolute Gasteiger partial charge is 0.0604 e. The van der Waals surface area contributed by atoms with E-state index in [1.807, 2.05) is 12.1 Å². The quantitative estimate of drug-likeness (QED) is 0.562. The van der Waals surface area contributed by atoms with E-state index in [0.717, 1.165) is 20.1 Å². The second-order valence-electron chi connectivity index (χ2n) is 4.22. The van der Waals surface area contributed by atoms with Crippen LogP contribution in [0, 0.1) is 25.7 Å². The van der Waals surface area contributed by atoms with E-state index < -0.39 is 0 Å². The highest BCUT2D eigenvalue weighted by atomic mass is 79.9. The third-order valence-electron chi connectivity index (χ3n) is 2.58. The van der Waals surface area contributed by atoms with Gasteiger partial charge in [0.05, 0.1) is 0 Å². The molecule has 0 aliphatic carbocycles. The van der Waals surface area contributed by atoms with E-state index in [1.165, 1.54) is 11.1 Å². The van der Waals surface area contributed by atoms with Crippen molar-refractivity contribution >= 4 is 31.9 Å². The molecule has 0 saturated carbocycles. The Morgan fingerprint density at radius 3 is 1.44 bits per heavy atom. The summed E-state index contributed by atoms with van der Waals surface area (Å²) < 4.78 is 2.08. The van der Waals surface area contributed by atoms with E-state index in [1.54, 1.807) is 0 Å². The molecule has 0 spiro atoms. The molecule has 0 unspecified atom stereocenters. The highest BCUT2D eigenvalue weighted by Gasteiger charge is 1.98. The van der Waals surface area contributed by atoms with Crippen molar-refractivity contribution in [3.8, 4) is 11.8 Å². The molecule has 2 heteroatoms. The smallest absolute Gasteiger partial charge is 0.0391 e. The van der Waals surface area contributed by atoms with Crippen molar-refractivity contribution in [3.63, 3.8) is 0 Å². The molecule has 0 fully saturated rings. The van der Waals surface area contributed by atoms with Crippen molar-refractivity contribution in [2.75, 3.05) is 0 Å². The highest BCUT2D eigenvalue weighted by molar-refractivity contribution is 9.10. The van der Waals surface area contributed by atoms with Crippen molar-refractivity contribution in [2.24, 2.45) is 0 Å². The summed E-state index contributed by atoms with van der Waals surface area (Å²) in [5.41, 5.74) is 4.47. The predicted molar refractivity (Wildman–Crippen MR) is 83.7 cm³/mol. The van der Waals surface area contributed by atoms with Gasteiger partial charge in [0.1, 0.15) is 0 Å². The van der Waals surface area contributed by atoms with E-state index in [9.17, 15) is 0 Å². The fraction of sp³-hybridized carbons (Fsp3) is 0.125. The molecule has 90 valence electrons. The lowest BCUT2D eigenvalue weighted by Crippen LogP contribution is -1.82. The molecule has 2 aromatic carbocycles. The average molecular weight is 364 g/mol. The van der Waals surface area contributed by atoms with Crippen LogP contribution in [0.2, 0.25) is 0 Å². The molecular formula is C16H12Br2. The minimum absolute atomic E-state index is 1.01. The number of hydrogen-bond donors (Lipinski definition) is 0. The molecule has 0 aliphatic heterocycles. The Kier molecular flexibility index (Phi) is 4.27. The van der Waals surface area contributed by atoms with Gasteiger partial charge in [-0.05, 0) is 81.1 Å². The van der Waals surface area contributed by atoms with Gasteiger partial charge in [0.2, 0.25) is 0 Å². The second kappa shape index (κ2) is 5.73. The van der Waals surface area contributed by atoms with E-state index >= 15 is 0 Å². The van der Waals surface area contributed by atoms with Crippen molar-refractivity contribution in [1.82, 2.24) is 0 Å². The van der Waals surface area contributed by atoms with E-state index in [2.05, 4.69) is 81.8 Å². The standard InChI is InChI=1S/C16H12Br2/c1-11-3-5-13(15(17)9-11)7-8-14-6-4-12(2)10-16(14)18/h3-6,9-10H,1-2H3. The zero-order chi connectivity index (χ0) is 13.1. The maximum atomic E-state index is 3.54. The molecule has 0 aromatic heterocycles. The fourth-order valence-electron chi connectivity index (χ4n) is 1.58. The summed E-state index contributed by atoms with van der Waals surface area (Å²) in [5.74, 6) is 6.38. The van der Waals surface area contributed by atoms with Gasteiger partial charge in [-0.25, -0.2) is 0 Å². The second-order valence-corrected chi connectivity index (χ2v) is 5.93. The van der Waals surface area contributed by atoms with Crippen LogP contribution in [0.4, 0.5) is 0 Å². The van der Waals surface area contributed by atoms with Gasteiger partial charge in [-0.15, -0.1) is 0 Å². The summed E-state index contributed by atoms with van der Waals surface area (Å²) >= 11 is 7.07. The summed E-state index contributed by atoms with van der Waals surface area (Å²) in [6.45, 7) is 4.14. The van der Waals surface area contributed by atoms with Gasteiger partial charge >= 0.3 is 0 Å². The molecule has 2 aromatic rings. The van der Waals surface area contributed by atoms with Crippen molar-refractivity contribution in [2.45, 2.75) is 13.8 Å². The first-order chi connectivity index (χ1) is 8.56. The Balaban J connectivity index is 2.37. The number of halogens is 2. The molecule has 18 heavy (non-hydrogen) atoms.